The summed E-state index contributed by atoms with van der Waals surface area (Å²) in [6.45, 7) is 0. The van der Waals surface area contributed by atoms with E-state index in [9.17, 15) is 14.4 Å². The van der Waals surface area contributed by atoms with Gasteiger partial charge in [0.1, 0.15) is 0 Å². The molecule has 2 aromatic rings. The van der Waals surface area contributed by atoms with Gasteiger partial charge < -0.3 is 15.2 Å². The summed E-state index contributed by atoms with van der Waals surface area (Å²) in [6.07, 6.45) is 9.83. The van der Waals surface area contributed by atoms with Crippen LogP contribution >= 0.6 is 11.8 Å². The molecule has 0 bridgehead atoms. The number of hydrogen-bond donors (Lipinski definition) is 2. The van der Waals surface area contributed by atoms with Crippen LogP contribution in [0.15, 0.2) is 52.3 Å². The second-order valence-electron chi connectivity index (χ2n) is 7.72. The molecule has 0 atom stereocenters. The third kappa shape index (κ3) is 6.49. The normalized spacial score (nSPS) is 15.1. The van der Waals surface area contributed by atoms with Gasteiger partial charge >= 0.3 is 0 Å². The number of nitrogens with zero attached hydrogens (tertiary/aromatic N) is 1. The third-order valence-corrected chi connectivity index (χ3v) is 6.38. The van der Waals surface area contributed by atoms with Gasteiger partial charge in [0.05, 0.1) is 17.0 Å². The smallest absolute Gasteiger partial charge is 0.256 e. The Balaban J connectivity index is 1.58. The van der Waals surface area contributed by atoms with Crippen LogP contribution in [0.3, 0.4) is 0 Å². The Labute approximate surface area is 181 Å². The summed E-state index contributed by atoms with van der Waals surface area (Å²) in [5.41, 5.74) is 0.915. The predicted molar refractivity (Wildman–Crippen MR) is 121 cm³/mol. The second kappa shape index (κ2) is 11.0. The number of anilines is 1. The number of nitrogens with one attached hydrogen (secondary N) is 2. The van der Waals surface area contributed by atoms with E-state index in [1.165, 1.54) is 54.5 Å². The van der Waals surface area contributed by atoms with Gasteiger partial charge in [-0.05, 0) is 31.0 Å². The average molecular weight is 428 g/mol. The monoisotopic (exact) mass is 427 g/mol. The number of amides is 2. The van der Waals surface area contributed by atoms with E-state index < -0.39 is 0 Å². The van der Waals surface area contributed by atoms with E-state index >= 15 is 0 Å². The molecular weight excluding hydrogens is 398 g/mol. The topological polar surface area (TPSA) is 80.2 Å². The second-order valence-corrected chi connectivity index (χ2v) is 8.73. The number of hydrogen-bond acceptors (Lipinski definition) is 4. The van der Waals surface area contributed by atoms with Gasteiger partial charge in [-0.1, -0.05) is 44.2 Å². The van der Waals surface area contributed by atoms with E-state index in [1.54, 1.807) is 31.4 Å². The van der Waals surface area contributed by atoms with E-state index in [4.69, 9.17) is 0 Å². The van der Waals surface area contributed by atoms with E-state index in [0.717, 1.165) is 17.7 Å². The van der Waals surface area contributed by atoms with Crippen molar-refractivity contribution in [2.45, 2.75) is 55.9 Å². The first-order valence-corrected chi connectivity index (χ1v) is 11.5. The first kappa shape index (κ1) is 22.2. The zero-order chi connectivity index (χ0) is 21.3. The number of carbonyl (C=O) groups is 2. The van der Waals surface area contributed by atoms with Gasteiger partial charge in [0.2, 0.25) is 11.5 Å². The molecule has 0 unspecified atom stereocenters. The van der Waals surface area contributed by atoms with Crippen molar-refractivity contribution in [3.63, 3.8) is 0 Å². The quantitative estimate of drug-likeness (QED) is 0.684. The zero-order valence-electron chi connectivity index (χ0n) is 17.4. The number of aryl methyl sites for hydroxylation is 1. The van der Waals surface area contributed by atoms with E-state index in [-0.39, 0.29) is 29.2 Å². The lowest BCUT2D eigenvalue weighted by Gasteiger charge is -2.21. The highest BCUT2D eigenvalue weighted by molar-refractivity contribution is 8.00. The van der Waals surface area contributed by atoms with E-state index in [2.05, 4.69) is 10.6 Å². The molecule has 2 amide bonds. The van der Waals surface area contributed by atoms with Crippen molar-refractivity contribution in [3.05, 3.63) is 58.5 Å². The van der Waals surface area contributed by atoms with Crippen LogP contribution in [-0.2, 0) is 11.8 Å². The molecule has 1 aromatic carbocycles. The summed E-state index contributed by atoms with van der Waals surface area (Å²) >= 11 is 1.37. The molecule has 1 aliphatic rings. The maximum Gasteiger partial charge on any atom is 0.256 e. The summed E-state index contributed by atoms with van der Waals surface area (Å²) in [5, 5.41) is 5.98. The molecule has 3 rings (SSSR count). The van der Waals surface area contributed by atoms with E-state index in [0.29, 0.717) is 11.3 Å². The predicted octanol–water partition coefficient (Wildman–Crippen LogP) is 3.96. The lowest BCUT2D eigenvalue weighted by Crippen LogP contribution is -2.36. The lowest BCUT2D eigenvalue weighted by atomic mass is 9.97. The lowest BCUT2D eigenvalue weighted by molar-refractivity contribution is -0.119. The highest BCUT2D eigenvalue weighted by atomic mass is 32.2. The number of rotatable bonds is 6. The molecule has 6 nitrogen and oxygen atoms in total. The van der Waals surface area contributed by atoms with Crippen molar-refractivity contribution in [1.29, 1.82) is 0 Å². The van der Waals surface area contributed by atoms with Crippen molar-refractivity contribution >= 4 is 29.3 Å². The van der Waals surface area contributed by atoms with Crippen molar-refractivity contribution < 1.29 is 9.59 Å². The summed E-state index contributed by atoms with van der Waals surface area (Å²) in [5.74, 6) is 0.0247. The van der Waals surface area contributed by atoms with Crippen molar-refractivity contribution in [2.75, 3.05) is 11.1 Å². The van der Waals surface area contributed by atoms with Crippen molar-refractivity contribution in [2.24, 2.45) is 7.05 Å². The molecule has 1 saturated carbocycles. The van der Waals surface area contributed by atoms with Crippen LogP contribution in [0.5, 0.6) is 0 Å². The first-order chi connectivity index (χ1) is 14.5. The largest absolute Gasteiger partial charge is 0.353 e. The van der Waals surface area contributed by atoms with Gasteiger partial charge in [-0.2, -0.15) is 0 Å². The van der Waals surface area contributed by atoms with Crippen LogP contribution in [0.2, 0.25) is 0 Å². The van der Waals surface area contributed by atoms with Gasteiger partial charge in [-0.15, -0.1) is 11.8 Å². The van der Waals surface area contributed by atoms with Crippen LogP contribution in [-0.4, -0.2) is 28.2 Å². The molecular formula is C23H29N3O3S. The van der Waals surface area contributed by atoms with Crippen molar-refractivity contribution in [3.8, 4) is 0 Å². The molecule has 2 N–H and O–H groups in total. The molecule has 0 aliphatic heterocycles. The number of pyridine rings is 1. The number of benzene rings is 1. The third-order valence-electron chi connectivity index (χ3n) is 5.30. The summed E-state index contributed by atoms with van der Waals surface area (Å²) in [4.78, 5) is 37.5. The maximum atomic E-state index is 12.8. The van der Waals surface area contributed by atoms with Gasteiger partial charge in [0.15, 0.2) is 0 Å². The van der Waals surface area contributed by atoms with Gasteiger partial charge in [0.25, 0.3) is 5.91 Å². The molecule has 0 radical (unpaired) electrons. The minimum atomic E-state index is -0.267. The molecule has 0 saturated heterocycles. The molecule has 1 fully saturated rings. The van der Waals surface area contributed by atoms with Crippen molar-refractivity contribution in [1.82, 2.24) is 9.88 Å². The Kier molecular flexibility index (Phi) is 8.13. The van der Waals surface area contributed by atoms with Gasteiger partial charge in [-0.3, -0.25) is 14.4 Å². The Morgan fingerprint density at radius 1 is 1.03 bits per heavy atom. The minimum absolute atomic E-state index is 0.0128. The summed E-state index contributed by atoms with van der Waals surface area (Å²) < 4.78 is 1.41. The fourth-order valence-electron chi connectivity index (χ4n) is 3.66. The number of carbonyl (C=O) groups excluding carboxylic acids is 2. The Hall–Kier alpha value is -2.54. The standard InChI is InChI=1S/C23H29N3O3S/c1-26-15-18(13-14-22(26)28)25-23(29)19-11-7-8-12-20(19)30-16-21(27)24-17-9-5-3-2-4-6-10-17/h7-8,11-15,17H,2-6,9-10,16H2,1H3,(H,24,27)(H,25,29). The Morgan fingerprint density at radius 2 is 1.73 bits per heavy atom. The number of thioether (sulfide) groups is 1. The van der Waals surface area contributed by atoms with Crippen LogP contribution in [0.25, 0.3) is 0 Å². The fourth-order valence-corrected chi connectivity index (χ4v) is 4.52. The highest BCUT2D eigenvalue weighted by Gasteiger charge is 2.16. The molecule has 7 heteroatoms. The molecule has 0 spiro atoms. The first-order valence-electron chi connectivity index (χ1n) is 10.5. The highest BCUT2D eigenvalue weighted by Crippen LogP contribution is 2.24. The summed E-state index contributed by atoms with van der Waals surface area (Å²) in [7, 11) is 1.64. The average Bonchev–Trinajstić information content (AvgIpc) is 2.71. The SMILES string of the molecule is Cn1cc(NC(=O)c2ccccc2SCC(=O)NC2CCCCCCC2)ccc1=O. The Bertz CT molecular complexity index is 933. The van der Waals surface area contributed by atoms with E-state index in [1.807, 2.05) is 12.1 Å². The zero-order valence-corrected chi connectivity index (χ0v) is 18.2. The van der Waals surface area contributed by atoms with Gasteiger partial charge in [-0.25, -0.2) is 0 Å². The molecule has 1 heterocycles. The number of aromatic nitrogens is 1. The van der Waals surface area contributed by atoms with Gasteiger partial charge in [0, 0.05) is 30.2 Å². The van der Waals surface area contributed by atoms with Crippen LogP contribution in [0.4, 0.5) is 5.69 Å². The molecule has 1 aliphatic carbocycles. The maximum absolute atomic E-state index is 12.8. The molecule has 160 valence electrons. The minimum Gasteiger partial charge on any atom is -0.353 e. The van der Waals surface area contributed by atoms with Crippen LogP contribution < -0.4 is 16.2 Å². The Morgan fingerprint density at radius 3 is 2.47 bits per heavy atom. The molecule has 1 aromatic heterocycles. The van der Waals surface area contributed by atoms with Crippen LogP contribution in [0, 0.1) is 0 Å². The fraction of sp³-hybridized carbons (Fsp3) is 0.435. The summed E-state index contributed by atoms with van der Waals surface area (Å²) in [6, 6.07) is 10.5. The molecule has 30 heavy (non-hydrogen) atoms. The van der Waals surface area contributed by atoms with Crippen LogP contribution in [0.1, 0.15) is 55.3 Å².